The molecule has 0 amide bonds. The van der Waals surface area contributed by atoms with Gasteiger partial charge in [0.15, 0.2) is 0 Å². The summed E-state index contributed by atoms with van der Waals surface area (Å²) in [4.78, 5) is 0. The number of hydrogen-bond donors (Lipinski definition) is 2. The highest BCUT2D eigenvalue weighted by atomic mass is 16.5. The summed E-state index contributed by atoms with van der Waals surface area (Å²) in [5.74, 6) is 0.198. The van der Waals surface area contributed by atoms with Crippen molar-refractivity contribution in [2.75, 3.05) is 0 Å². The molecule has 0 spiro atoms. The van der Waals surface area contributed by atoms with E-state index in [0.29, 0.717) is 12.0 Å². The average Bonchev–Trinajstić information content (AvgIpc) is 2.39. The molecule has 1 aromatic rings. The van der Waals surface area contributed by atoms with Gasteiger partial charge in [-0.1, -0.05) is 49.8 Å². The molecule has 2 N–H and O–H groups in total. The van der Waals surface area contributed by atoms with Gasteiger partial charge in [0.05, 0.1) is 6.10 Å². The summed E-state index contributed by atoms with van der Waals surface area (Å²) in [6.45, 7) is 6.05. The second-order valence-electron chi connectivity index (χ2n) is 4.78. The maximum Gasteiger partial charge on any atom is 0.491 e. The van der Waals surface area contributed by atoms with E-state index in [9.17, 15) is 10.1 Å². The van der Waals surface area contributed by atoms with Crippen molar-refractivity contribution in [3.63, 3.8) is 0 Å². The van der Waals surface area contributed by atoms with Crippen LogP contribution in [0, 0.1) is 0 Å². The third kappa shape index (κ3) is 3.08. The number of allylic oxidation sites excluding steroid dienone is 2. The maximum absolute atomic E-state index is 10.1. The minimum Gasteiger partial charge on any atom is -0.508 e. The molecule has 1 unspecified atom stereocenters. The predicted molar refractivity (Wildman–Crippen MR) is 76.7 cm³/mol. The van der Waals surface area contributed by atoms with E-state index in [4.69, 9.17) is 4.65 Å². The Hall–Kier alpha value is -1.52. The first kappa shape index (κ1) is 13.9. The second kappa shape index (κ2) is 6.09. The number of phenolic OH excluding ortho intramolecular Hbond substituents is 1. The van der Waals surface area contributed by atoms with Crippen LogP contribution in [0.4, 0.5) is 0 Å². The summed E-state index contributed by atoms with van der Waals surface area (Å²) >= 11 is 0. The molecule has 0 saturated carbocycles. The van der Waals surface area contributed by atoms with Gasteiger partial charge in [-0.3, -0.25) is 0 Å². The van der Waals surface area contributed by atoms with Gasteiger partial charge in [0, 0.05) is 5.56 Å². The number of rotatable bonds is 4. The summed E-state index contributed by atoms with van der Waals surface area (Å²) in [5, 5.41) is 19.9. The Morgan fingerprint density at radius 1 is 1.47 bits per heavy atom. The molecule has 1 heterocycles. The van der Waals surface area contributed by atoms with E-state index in [1.807, 2.05) is 18.2 Å². The number of hydrogen-bond acceptors (Lipinski definition) is 3. The lowest BCUT2D eigenvalue weighted by Gasteiger charge is -2.26. The van der Waals surface area contributed by atoms with E-state index in [2.05, 4.69) is 13.5 Å². The number of aromatic hydroxyl groups is 1. The van der Waals surface area contributed by atoms with Gasteiger partial charge in [-0.05, 0) is 24.4 Å². The maximum atomic E-state index is 10.1. The summed E-state index contributed by atoms with van der Waals surface area (Å²) in [7, 11) is -0.961. The molecular weight excluding hydrogens is 239 g/mol. The minimum absolute atomic E-state index is 0.198. The van der Waals surface area contributed by atoms with Crippen LogP contribution < -0.4 is 0 Å². The summed E-state index contributed by atoms with van der Waals surface area (Å²) < 4.78 is 5.60. The van der Waals surface area contributed by atoms with Crippen LogP contribution in [0.2, 0.25) is 0 Å². The zero-order valence-electron chi connectivity index (χ0n) is 11.2. The lowest BCUT2D eigenvalue weighted by Crippen LogP contribution is -2.28. The quantitative estimate of drug-likeness (QED) is 0.815. The molecule has 0 bridgehead atoms. The molecular formula is C15H19BO3. The van der Waals surface area contributed by atoms with Gasteiger partial charge in [-0.2, -0.15) is 0 Å². The van der Waals surface area contributed by atoms with Crippen molar-refractivity contribution >= 4 is 7.12 Å². The predicted octanol–water partition coefficient (Wildman–Crippen LogP) is 3.16. The molecule has 1 aliphatic rings. The molecule has 4 heteroatoms. The van der Waals surface area contributed by atoms with E-state index in [0.717, 1.165) is 23.9 Å². The zero-order valence-corrected chi connectivity index (χ0v) is 11.2. The van der Waals surface area contributed by atoms with Gasteiger partial charge in [-0.25, -0.2) is 0 Å². The van der Waals surface area contributed by atoms with Crippen LogP contribution in [0.5, 0.6) is 5.75 Å². The fourth-order valence-corrected chi connectivity index (χ4v) is 2.34. The highest BCUT2D eigenvalue weighted by molar-refractivity contribution is 6.54. The topological polar surface area (TPSA) is 49.7 Å². The van der Waals surface area contributed by atoms with Gasteiger partial charge in [0.2, 0.25) is 0 Å². The van der Waals surface area contributed by atoms with Crippen molar-refractivity contribution in [3.05, 3.63) is 53.5 Å². The van der Waals surface area contributed by atoms with Crippen molar-refractivity contribution < 1.29 is 14.8 Å². The van der Waals surface area contributed by atoms with Crippen molar-refractivity contribution in [1.29, 1.82) is 0 Å². The third-order valence-corrected chi connectivity index (χ3v) is 3.35. The molecule has 0 aliphatic carbocycles. The van der Waals surface area contributed by atoms with Gasteiger partial charge in [0.1, 0.15) is 5.75 Å². The molecule has 100 valence electrons. The standard InChI is InChI=1S/C15H19BO3/c1-3-6-11(2)13-9-10-15(19-16(13)18)12-7-4-5-8-14(12)17/h4-5,7-9,15,17-18H,2-3,6,10H2,1H3. The number of benzene rings is 1. The van der Waals surface area contributed by atoms with E-state index in [1.54, 1.807) is 12.1 Å². The van der Waals surface area contributed by atoms with E-state index < -0.39 is 7.12 Å². The molecule has 0 radical (unpaired) electrons. The van der Waals surface area contributed by atoms with E-state index in [1.165, 1.54) is 0 Å². The smallest absolute Gasteiger partial charge is 0.491 e. The largest absolute Gasteiger partial charge is 0.508 e. The van der Waals surface area contributed by atoms with Gasteiger partial charge >= 0.3 is 7.12 Å². The molecule has 1 aliphatic heterocycles. The Labute approximate surface area is 114 Å². The fourth-order valence-electron chi connectivity index (χ4n) is 2.34. The molecule has 0 fully saturated rings. The summed E-state index contributed by atoms with van der Waals surface area (Å²) in [5.41, 5.74) is 2.40. The zero-order chi connectivity index (χ0) is 13.8. The van der Waals surface area contributed by atoms with Crippen molar-refractivity contribution in [2.45, 2.75) is 32.3 Å². The second-order valence-corrected chi connectivity index (χ2v) is 4.78. The van der Waals surface area contributed by atoms with Gasteiger partial charge in [-0.15, -0.1) is 0 Å². The first-order valence-corrected chi connectivity index (χ1v) is 6.63. The van der Waals surface area contributed by atoms with Crippen LogP contribution in [-0.4, -0.2) is 17.2 Å². The average molecular weight is 258 g/mol. The Bertz CT molecular complexity index is 496. The monoisotopic (exact) mass is 258 g/mol. The first-order valence-electron chi connectivity index (χ1n) is 6.63. The van der Waals surface area contributed by atoms with Crippen LogP contribution in [0.3, 0.4) is 0 Å². The van der Waals surface area contributed by atoms with Crippen LogP contribution in [0.1, 0.15) is 37.9 Å². The van der Waals surface area contributed by atoms with Crippen molar-refractivity contribution in [2.24, 2.45) is 0 Å². The molecule has 1 atom stereocenters. The normalized spacial score (nSPS) is 19.2. The Morgan fingerprint density at radius 2 is 2.21 bits per heavy atom. The van der Waals surface area contributed by atoms with Crippen LogP contribution in [-0.2, 0) is 4.65 Å². The van der Waals surface area contributed by atoms with Gasteiger partial charge in [0.25, 0.3) is 0 Å². The highest BCUT2D eigenvalue weighted by Gasteiger charge is 2.31. The molecule has 1 aromatic carbocycles. The van der Waals surface area contributed by atoms with E-state index >= 15 is 0 Å². The number of para-hydroxylation sites is 1. The summed E-state index contributed by atoms with van der Waals surface area (Å²) in [6.07, 6.45) is 4.13. The Morgan fingerprint density at radius 3 is 2.84 bits per heavy atom. The third-order valence-electron chi connectivity index (χ3n) is 3.35. The molecule has 0 saturated heterocycles. The lowest BCUT2D eigenvalue weighted by molar-refractivity contribution is 0.165. The van der Waals surface area contributed by atoms with Gasteiger partial charge < -0.3 is 14.8 Å². The van der Waals surface area contributed by atoms with Crippen LogP contribution in [0.15, 0.2) is 48.0 Å². The van der Waals surface area contributed by atoms with Crippen molar-refractivity contribution in [1.82, 2.24) is 0 Å². The lowest BCUT2D eigenvalue weighted by atomic mass is 9.70. The Balaban J connectivity index is 2.15. The van der Waals surface area contributed by atoms with Crippen molar-refractivity contribution in [3.8, 4) is 5.75 Å². The molecule has 0 aromatic heterocycles. The van der Waals surface area contributed by atoms with Crippen LogP contribution >= 0.6 is 0 Å². The molecule has 3 nitrogen and oxygen atoms in total. The SMILES string of the molecule is C=C(CCC)C1=CCC(c2ccccc2O)OB1O. The highest BCUT2D eigenvalue weighted by Crippen LogP contribution is 2.35. The minimum atomic E-state index is -0.961. The Kier molecular flexibility index (Phi) is 4.45. The first-order chi connectivity index (χ1) is 9.13. The molecule has 2 rings (SSSR count). The van der Waals surface area contributed by atoms with Crippen LogP contribution in [0.25, 0.3) is 0 Å². The number of phenols is 1. The summed E-state index contributed by atoms with van der Waals surface area (Å²) in [6, 6.07) is 7.05. The van der Waals surface area contributed by atoms with E-state index in [-0.39, 0.29) is 11.9 Å². The molecule has 19 heavy (non-hydrogen) atoms. The fraction of sp³-hybridized carbons (Fsp3) is 0.333.